The molecule has 0 aromatic carbocycles. The van der Waals surface area contributed by atoms with Gasteiger partial charge in [0.25, 0.3) is 0 Å². The van der Waals surface area contributed by atoms with E-state index in [2.05, 4.69) is 10.1 Å². The zero-order chi connectivity index (χ0) is 8.55. The van der Waals surface area contributed by atoms with Crippen molar-refractivity contribution in [1.29, 1.82) is 0 Å². The third-order valence-corrected chi connectivity index (χ3v) is 1.54. The maximum atomic E-state index is 12.2. The fourth-order valence-electron chi connectivity index (χ4n) is 1.02. The fourth-order valence-corrected chi connectivity index (χ4v) is 1.02. The van der Waals surface area contributed by atoms with Crippen LogP contribution in [0.15, 0.2) is 24.5 Å². The lowest BCUT2D eigenvalue weighted by atomic mass is 10.4. The van der Waals surface area contributed by atoms with E-state index in [1.165, 1.54) is 12.4 Å². The summed E-state index contributed by atoms with van der Waals surface area (Å²) in [6.45, 7) is -2.63. The van der Waals surface area contributed by atoms with Crippen LogP contribution in [0.2, 0.25) is 0 Å². The van der Waals surface area contributed by atoms with Crippen LogP contribution in [-0.4, -0.2) is 14.8 Å². The Labute approximate surface area is 66.6 Å². The molecule has 0 fully saturated rings. The molecule has 5 heteroatoms. The van der Waals surface area contributed by atoms with Gasteiger partial charge in [-0.15, -0.1) is 0 Å². The first-order valence-corrected chi connectivity index (χ1v) is 3.35. The molecule has 0 saturated heterocycles. The first-order chi connectivity index (χ1) is 5.79. The van der Waals surface area contributed by atoms with Crippen LogP contribution in [0.25, 0.3) is 11.0 Å². The molecular formula is C7H5F2N3. The molecule has 3 nitrogen and oxygen atoms in total. The monoisotopic (exact) mass is 169 g/mol. The summed E-state index contributed by atoms with van der Waals surface area (Å²) < 4.78 is 25.0. The Kier molecular flexibility index (Phi) is 1.49. The van der Waals surface area contributed by atoms with Gasteiger partial charge in [0.2, 0.25) is 0 Å². The van der Waals surface area contributed by atoms with Crippen LogP contribution in [0, 0.1) is 0 Å². The summed E-state index contributed by atoms with van der Waals surface area (Å²) in [6, 6.07) is 3.37. The largest absolute Gasteiger partial charge is 0.335 e. The lowest BCUT2D eigenvalue weighted by molar-refractivity contribution is 0.0609. The van der Waals surface area contributed by atoms with Crippen molar-refractivity contribution in [3.05, 3.63) is 24.5 Å². The molecule has 0 spiro atoms. The van der Waals surface area contributed by atoms with Crippen LogP contribution in [0.4, 0.5) is 8.78 Å². The highest BCUT2D eigenvalue weighted by Gasteiger charge is 2.10. The molecule has 2 aromatic rings. The van der Waals surface area contributed by atoms with Crippen molar-refractivity contribution in [3.8, 4) is 0 Å². The van der Waals surface area contributed by atoms with E-state index in [0.717, 1.165) is 0 Å². The molecule has 0 saturated carbocycles. The molecule has 0 N–H and O–H groups in total. The van der Waals surface area contributed by atoms with Gasteiger partial charge in [-0.3, -0.25) is 0 Å². The molecular weight excluding hydrogens is 164 g/mol. The molecule has 12 heavy (non-hydrogen) atoms. The van der Waals surface area contributed by atoms with Gasteiger partial charge in [0.15, 0.2) is 5.65 Å². The van der Waals surface area contributed by atoms with E-state index in [9.17, 15) is 8.78 Å². The van der Waals surface area contributed by atoms with Gasteiger partial charge in [0.1, 0.15) is 0 Å². The number of aromatic nitrogens is 3. The van der Waals surface area contributed by atoms with E-state index in [-0.39, 0.29) is 5.65 Å². The van der Waals surface area contributed by atoms with Crippen molar-refractivity contribution in [2.75, 3.05) is 0 Å². The second-order valence-corrected chi connectivity index (χ2v) is 2.28. The van der Waals surface area contributed by atoms with Crippen LogP contribution < -0.4 is 0 Å². The van der Waals surface area contributed by atoms with Gasteiger partial charge in [0.05, 0.1) is 6.20 Å². The smallest absolute Gasteiger partial charge is 0.237 e. The molecule has 2 aromatic heterocycles. The van der Waals surface area contributed by atoms with Crippen LogP contribution in [-0.2, 0) is 0 Å². The summed E-state index contributed by atoms with van der Waals surface area (Å²) in [7, 11) is 0. The van der Waals surface area contributed by atoms with Crippen molar-refractivity contribution >= 4 is 11.0 Å². The van der Waals surface area contributed by atoms with E-state index < -0.39 is 6.55 Å². The lowest BCUT2D eigenvalue weighted by Gasteiger charge is -1.97. The molecule has 0 atom stereocenters. The fraction of sp³-hybridized carbons (Fsp3) is 0.143. The van der Waals surface area contributed by atoms with Crippen molar-refractivity contribution < 1.29 is 8.78 Å². The van der Waals surface area contributed by atoms with E-state index in [0.29, 0.717) is 10.1 Å². The Bertz CT molecular complexity index is 396. The topological polar surface area (TPSA) is 30.7 Å². The third kappa shape index (κ3) is 0.939. The Morgan fingerprint density at radius 3 is 3.00 bits per heavy atom. The van der Waals surface area contributed by atoms with Crippen molar-refractivity contribution in [1.82, 2.24) is 14.8 Å². The summed E-state index contributed by atoms with van der Waals surface area (Å²) in [5.41, 5.74) is 0.215. The summed E-state index contributed by atoms with van der Waals surface area (Å²) in [4.78, 5) is 3.78. The highest BCUT2D eigenvalue weighted by molar-refractivity contribution is 5.73. The van der Waals surface area contributed by atoms with Crippen molar-refractivity contribution in [2.45, 2.75) is 6.55 Å². The third-order valence-electron chi connectivity index (χ3n) is 1.54. The number of rotatable bonds is 1. The highest BCUT2D eigenvalue weighted by Crippen LogP contribution is 2.16. The number of hydrogen-bond donors (Lipinski definition) is 0. The predicted octanol–water partition coefficient (Wildman–Crippen LogP) is 1.83. The first kappa shape index (κ1) is 7.15. The number of fused-ring (bicyclic) bond motifs is 1. The predicted molar refractivity (Wildman–Crippen MR) is 38.8 cm³/mol. The van der Waals surface area contributed by atoms with Gasteiger partial charge in [-0.25, -0.2) is 4.98 Å². The number of alkyl halides is 2. The maximum absolute atomic E-state index is 12.2. The molecule has 2 heterocycles. The number of hydrogen-bond acceptors (Lipinski definition) is 2. The SMILES string of the molecule is FC(F)n1ncc2cccnc21. The van der Waals surface area contributed by atoms with E-state index in [4.69, 9.17) is 0 Å². The summed E-state index contributed by atoms with van der Waals surface area (Å²) >= 11 is 0. The molecule has 0 aliphatic heterocycles. The summed E-state index contributed by atoms with van der Waals surface area (Å²) in [5.74, 6) is 0. The van der Waals surface area contributed by atoms with Gasteiger partial charge in [-0.05, 0) is 12.1 Å². The quantitative estimate of drug-likeness (QED) is 0.651. The lowest BCUT2D eigenvalue weighted by Crippen LogP contribution is -2.00. The Morgan fingerprint density at radius 2 is 2.25 bits per heavy atom. The van der Waals surface area contributed by atoms with Gasteiger partial charge in [-0.2, -0.15) is 18.6 Å². The Morgan fingerprint density at radius 1 is 1.42 bits per heavy atom. The number of pyridine rings is 1. The van der Waals surface area contributed by atoms with Crippen molar-refractivity contribution in [2.24, 2.45) is 0 Å². The average molecular weight is 169 g/mol. The van der Waals surface area contributed by atoms with Gasteiger partial charge in [-0.1, -0.05) is 0 Å². The molecule has 0 aliphatic carbocycles. The summed E-state index contributed by atoms with van der Waals surface area (Å²) in [5, 5.41) is 4.12. The van der Waals surface area contributed by atoms with Crippen LogP contribution in [0.3, 0.4) is 0 Å². The average Bonchev–Trinajstić information content (AvgIpc) is 2.47. The molecule has 0 aliphatic rings. The minimum absolute atomic E-state index is 0.215. The van der Waals surface area contributed by atoms with Crippen molar-refractivity contribution in [3.63, 3.8) is 0 Å². The molecule has 0 amide bonds. The molecule has 0 bridgehead atoms. The molecule has 0 radical (unpaired) electrons. The van der Waals surface area contributed by atoms with Crippen LogP contribution >= 0.6 is 0 Å². The standard InChI is InChI=1S/C7H5F2N3/c8-7(9)12-6-5(4-11-12)2-1-3-10-6/h1-4,7H. The van der Waals surface area contributed by atoms with Gasteiger partial charge >= 0.3 is 6.55 Å². The minimum atomic E-state index is -2.63. The first-order valence-electron chi connectivity index (χ1n) is 3.35. The molecule has 0 unspecified atom stereocenters. The van der Waals surface area contributed by atoms with Crippen LogP contribution in [0.5, 0.6) is 0 Å². The van der Waals surface area contributed by atoms with Crippen LogP contribution in [0.1, 0.15) is 6.55 Å². The highest BCUT2D eigenvalue weighted by atomic mass is 19.3. The second kappa shape index (κ2) is 2.51. The zero-order valence-electron chi connectivity index (χ0n) is 5.98. The van der Waals surface area contributed by atoms with E-state index >= 15 is 0 Å². The van der Waals surface area contributed by atoms with E-state index in [1.54, 1.807) is 12.1 Å². The number of nitrogens with zero attached hydrogens (tertiary/aromatic N) is 3. The summed E-state index contributed by atoms with van der Waals surface area (Å²) in [6.07, 6.45) is 2.83. The van der Waals surface area contributed by atoms with Gasteiger partial charge in [0, 0.05) is 11.6 Å². The zero-order valence-corrected chi connectivity index (χ0v) is 5.98. The Balaban J connectivity index is 2.70. The van der Waals surface area contributed by atoms with E-state index in [1.807, 2.05) is 0 Å². The second-order valence-electron chi connectivity index (χ2n) is 2.28. The molecule has 62 valence electrons. The molecule has 2 rings (SSSR count). The number of halogens is 2. The normalized spacial score (nSPS) is 11.2. The minimum Gasteiger partial charge on any atom is -0.237 e. The Hall–Kier alpha value is -1.52. The maximum Gasteiger partial charge on any atom is 0.335 e. The van der Waals surface area contributed by atoms with Gasteiger partial charge < -0.3 is 0 Å².